The minimum absolute atomic E-state index is 0.0332. The van der Waals surface area contributed by atoms with Crippen molar-refractivity contribution >= 4 is 41.5 Å². The van der Waals surface area contributed by atoms with Gasteiger partial charge in [0.25, 0.3) is 0 Å². The Morgan fingerprint density at radius 1 is 0.970 bits per heavy atom. The van der Waals surface area contributed by atoms with E-state index in [-0.39, 0.29) is 21.2 Å². The second-order valence-electron chi connectivity index (χ2n) is 8.72. The summed E-state index contributed by atoms with van der Waals surface area (Å²) in [6.45, 7) is 9.87. The molecule has 0 aromatic heterocycles. The van der Waals surface area contributed by atoms with Crippen LogP contribution in [0.3, 0.4) is 0 Å². The van der Waals surface area contributed by atoms with Gasteiger partial charge in [-0.15, -0.1) is 0 Å². The molecule has 0 bridgehead atoms. The van der Waals surface area contributed by atoms with Crippen molar-refractivity contribution in [1.29, 1.82) is 0 Å². The van der Waals surface area contributed by atoms with Crippen LogP contribution in [0.2, 0.25) is 18.3 Å². The molecule has 0 aliphatic carbocycles. The van der Waals surface area contributed by atoms with E-state index in [2.05, 4.69) is 6.58 Å². The van der Waals surface area contributed by atoms with E-state index in [0.29, 0.717) is 23.9 Å². The van der Waals surface area contributed by atoms with Gasteiger partial charge in [0, 0.05) is 0 Å². The first-order chi connectivity index (χ1) is 15.6. The summed E-state index contributed by atoms with van der Waals surface area (Å²) in [7, 11) is 1.22. The first-order valence-corrected chi connectivity index (χ1v) is 19.7. The molecule has 0 aliphatic rings. The van der Waals surface area contributed by atoms with Crippen LogP contribution in [0.25, 0.3) is 5.57 Å². The zero-order chi connectivity index (χ0) is 25.1. The number of methoxy groups -OCH3 is 1. The van der Waals surface area contributed by atoms with E-state index in [1.54, 1.807) is 24.3 Å². The molecule has 0 aliphatic heterocycles. The Balaban J connectivity index is 3.96. The zero-order valence-electron chi connectivity index (χ0n) is 20.4. The average molecular weight is 594 g/mol. The molecule has 0 heterocycles. The van der Waals surface area contributed by atoms with E-state index >= 15 is 13.2 Å². The van der Waals surface area contributed by atoms with Gasteiger partial charge in [-0.3, -0.25) is 0 Å². The van der Waals surface area contributed by atoms with Gasteiger partial charge in [-0.1, -0.05) is 0 Å². The molecule has 0 fully saturated rings. The fourth-order valence-corrected chi connectivity index (χ4v) is 21.9. The van der Waals surface area contributed by atoms with Gasteiger partial charge >= 0.3 is 207 Å². The molecule has 0 N–H and O–H groups in total. The number of halogens is 4. The number of esters is 1. The van der Waals surface area contributed by atoms with Crippen molar-refractivity contribution in [2.75, 3.05) is 7.11 Å². The van der Waals surface area contributed by atoms with Crippen molar-refractivity contribution in [2.24, 2.45) is 0 Å². The minimum atomic E-state index is -4.46. The van der Waals surface area contributed by atoms with Crippen molar-refractivity contribution in [3.05, 3.63) is 50.6 Å². The van der Waals surface area contributed by atoms with Gasteiger partial charge in [0.2, 0.25) is 0 Å². The number of hydrogen-bond acceptors (Lipinski definition) is 2. The van der Waals surface area contributed by atoms with E-state index in [4.69, 9.17) is 16.3 Å². The maximum absolute atomic E-state index is 15.1. The summed E-state index contributed by atoms with van der Waals surface area (Å²) in [5, 5.41) is 0.455. The molecule has 1 aromatic rings. The summed E-state index contributed by atoms with van der Waals surface area (Å²) in [5.41, 5.74) is 0.682. The van der Waals surface area contributed by atoms with Crippen LogP contribution in [-0.2, 0) is 9.53 Å². The van der Waals surface area contributed by atoms with Crippen molar-refractivity contribution in [2.45, 2.75) is 85.2 Å². The van der Waals surface area contributed by atoms with E-state index in [9.17, 15) is 4.79 Å². The fraction of sp³-hybridized carbons (Fsp3) is 0.577. The monoisotopic (exact) mass is 594 g/mol. The molecular formula is C26H38ClF3O2Sn. The van der Waals surface area contributed by atoms with Crippen LogP contribution in [0.1, 0.15) is 71.3 Å². The molecule has 0 saturated heterocycles. The van der Waals surface area contributed by atoms with Gasteiger partial charge in [0.15, 0.2) is 0 Å². The molecule has 0 atom stereocenters. The molecular weight excluding hydrogens is 555 g/mol. The van der Waals surface area contributed by atoms with Crippen LogP contribution in [-0.4, -0.2) is 37.6 Å². The van der Waals surface area contributed by atoms with E-state index < -0.39 is 30.5 Å². The van der Waals surface area contributed by atoms with Crippen molar-refractivity contribution in [1.82, 2.24) is 0 Å². The molecule has 186 valence electrons. The van der Waals surface area contributed by atoms with Crippen LogP contribution < -0.4 is 0 Å². The fourth-order valence-electron chi connectivity index (χ4n) is 4.50. The first-order valence-electron chi connectivity index (χ1n) is 11.9. The maximum atomic E-state index is 15.1. The molecule has 0 amide bonds. The third-order valence-electron chi connectivity index (χ3n) is 6.20. The topological polar surface area (TPSA) is 26.3 Å². The third-order valence-corrected chi connectivity index (χ3v) is 22.4. The van der Waals surface area contributed by atoms with Crippen molar-refractivity contribution < 1.29 is 22.7 Å². The Kier molecular flexibility index (Phi) is 13.2. The van der Waals surface area contributed by atoms with Gasteiger partial charge < -0.3 is 0 Å². The summed E-state index contributed by atoms with van der Waals surface area (Å²) in [6, 6.07) is 6.47. The molecule has 0 saturated carbocycles. The summed E-state index contributed by atoms with van der Waals surface area (Å²) in [5.74, 6) is -0.681. The average Bonchev–Trinajstić information content (AvgIpc) is 2.78. The number of rotatable bonds is 14. The number of carbonyl (C=O) groups is 1. The van der Waals surface area contributed by atoms with E-state index in [1.807, 2.05) is 20.8 Å². The van der Waals surface area contributed by atoms with Crippen molar-refractivity contribution in [3.63, 3.8) is 0 Å². The van der Waals surface area contributed by atoms with Gasteiger partial charge in [0.05, 0.1) is 0 Å². The number of ether oxygens (including phenoxy) is 1. The number of carbonyl (C=O) groups excluding carboxylic acids is 1. The SMILES string of the molecule is C=C(C/C(=[C](\C(F)(F)F)[Sn]([CH2]CCC)([CH2]CCC)[CH2]CCC)c1ccc(Cl)cc1)C(=O)OC. The standard InChI is InChI=1S/C14H11ClF3O2.3C4H9.Sn/c1-9(13(19)20-2)7-11(8-14(16,17)18)10-3-5-12(15)6-4-10;3*1-3-4-2;/h3-6H,1,7H2,2H3;3*1,3-4H2,2H3;. The van der Waals surface area contributed by atoms with Crippen LogP contribution in [0.4, 0.5) is 13.2 Å². The molecule has 0 radical (unpaired) electrons. The van der Waals surface area contributed by atoms with E-state index in [1.165, 1.54) is 7.11 Å². The number of allylic oxidation sites excluding steroid dienone is 2. The van der Waals surface area contributed by atoms with Crippen molar-refractivity contribution in [3.8, 4) is 0 Å². The third kappa shape index (κ3) is 8.97. The van der Waals surface area contributed by atoms with Crippen LogP contribution in [0, 0.1) is 0 Å². The molecule has 0 spiro atoms. The molecule has 33 heavy (non-hydrogen) atoms. The number of hydrogen-bond donors (Lipinski definition) is 0. The normalized spacial score (nSPS) is 13.0. The van der Waals surface area contributed by atoms with Crippen LogP contribution in [0.15, 0.2) is 40.0 Å². The zero-order valence-corrected chi connectivity index (χ0v) is 24.0. The summed E-state index contributed by atoms with van der Waals surface area (Å²) >= 11 is 2.08. The summed E-state index contributed by atoms with van der Waals surface area (Å²) in [4.78, 5) is 12.1. The Morgan fingerprint density at radius 3 is 1.79 bits per heavy atom. The molecule has 0 unspecified atom stereocenters. The summed E-state index contributed by atoms with van der Waals surface area (Å²) < 4.78 is 51.7. The first kappa shape index (κ1) is 30.1. The molecule has 2 nitrogen and oxygen atoms in total. The van der Waals surface area contributed by atoms with Gasteiger partial charge in [-0.2, -0.15) is 0 Å². The summed E-state index contributed by atoms with van der Waals surface area (Å²) in [6.07, 6.45) is 0.370. The number of benzene rings is 1. The Labute approximate surface area is 206 Å². The second kappa shape index (κ2) is 14.4. The quantitative estimate of drug-likeness (QED) is 0.122. The molecule has 1 aromatic carbocycles. The number of unbranched alkanes of at least 4 members (excludes halogenated alkanes) is 3. The Hall–Kier alpha value is -0.951. The van der Waals surface area contributed by atoms with Crippen LogP contribution in [0.5, 0.6) is 0 Å². The van der Waals surface area contributed by atoms with Gasteiger partial charge in [0.1, 0.15) is 0 Å². The van der Waals surface area contributed by atoms with Crippen LogP contribution >= 0.6 is 11.6 Å². The number of alkyl halides is 3. The van der Waals surface area contributed by atoms with Gasteiger partial charge in [-0.25, -0.2) is 0 Å². The molecule has 7 heteroatoms. The Bertz CT molecular complexity index is 779. The Morgan fingerprint density at radius 2 is 1.42 bits per heavy atom. The van der Waals surface area contributed by atoms with E-state index in [0.717, 1.165) is 38.5 Å². The molecule has 1 rings (SSSR count). The predicted molar refractivity (Wildman–Crippen MR) is 135 cm³/mol. The predicted octanol–water partition coefficient (Wildman–Crippen LogP) is 9.16. The van der Waals surface area contributed by atoms with Gasteiger partial charge in [-0.05, 0) is 0 Å². The second-order valence-corrected chi connectivity index (χ2v) is 22.2.